The molecular weight excluding hydrogens is 262 g/mol. The Morgan fingerprint density at radius 1 is 1.19 bits per heavy atom. The topological polar surface area (TPSA) is 69.6 Å². The minimum atomic E-state index is 0.287. The third kappa shape index (κ3) is 3.60. The van der Waals surface area contributed by atoms with E-state index in [9.17, 15) is 0 Å². The number of rotatable bonds is 6. The molecule has 2 rings (SSSR count). The van der Waals surface area contributed by atoms with Gasteiger partial charge in [-0.1, -0.05) is 38.8 Å². The van der Waals surface area contributed by atoms with Crippen LogP contribution in [0.1, 0.15) is 51.6 Å². The molecule has 114 valence electrons. The number of hydrogen-bond acceptors (Lipinski definition) is 4. The predicted molar refractivity (Wildman–Crippen MR) is 85.8 cm³/mol. The second kappa shape index (κ2) is 6.70. The Morgan fingerprint density at radius 3 is 2.67 bits per heavy atom. The van der Waals surface area contributed by atoms with Crippen LogP contribution in [0.4, 0.5) is 5.69 Å². The first-order chi connectivity index (χ1) is 10.0. The van der Waals surface area contributed by atoms with Crippen LogP contribution in [0.5, 0.6) is 0 Å². The second-order valence-corrected chi connectivity index (χ2v) is 6.14. The highest BCUT2D eigenvalue weighted by Gasteiger charge is 2.16. The second-order valence-electron chi connectivity index (χ2n) is 6.14. The van der Waals surface area contributed by atoms with Gasteiger partial charge in [0.1, 0.15) is 0 Å². The molecule has 1 aromatic carbocycles. The monoisotopic (exact) mass is 287 g/mol. The van der Waals surface area contributed by atoms with Crippen LogP contribution in [-0.2, 0) is 0 Å². The van der Waals surface area contributed by atoms with Crippen LogP contribution in [0.2, 0.25) is 0 Å². The van der Waals surface area contributed by atoms with E-state index >= 15 is 0 Å². The van der Waals surface area contributed by atoms with E-state index in [0.717, 1.165) is 35.0 Å². The Kier molecular flexibility index (Phi) is 4.94. The van der Waals surface area contributed by atoms with Crippen molar-refractivity contribution in [2.24, 2.45) is 5.92 Å². The lowest BCUT2D eigenvalue weighted by Gasteiger charge is -2.15. The standard InChI is InChI=1S/C16H25N5/c1-11(2)7-5-8-12(3)21-16(18-19-20-21)14-9-6-10-15(17)13(14)4/h6,9-12H,5,7-8,17H2,1-4H3. The Hall–Kier alpha value is -1.91. The Bertz CT molecular complexity index is 588. The van der Waals surface area contributed by atoms with Crippen molar-refractivity contribution in [3.8, 4) is 11.4 Å². The molecule has 0 saturated heterocycles. The van der Waals surface area contributed by atoms with Gasteiger partial charge in [-0.3, -0.25) is 0 Å². The number of anilines is 1. The highest BCUT2D eigenvalue weighted by molar-refractivity contribution is 5.67. The molecule has 21 heavy (non-hydrogen) atoms. The normalized spacial score (nSPS) is 12.8. The number of nitrogen functional groups attached to an aromatic ring is 1. The molecule has 5 nitrogen and oxygen atoms in total. The quantitative estimate of drug-likeness (QED) is 0.824. The van der Waals surface area contributed by atoms with Gasteiger partial charge in [0, 0.05) is 11.3 Å². The third-order valence-electron chi connectivity index (χ3n) is 3.93. The maximum Gasteiger partial charge on any atom is 0.182 e. The van der Waals surface area contributed by atoms with Crippen molar-refractivity contribution in [2.75, 3.05) is 5.73 Å². The molecule has 0 amide bonds. The van der Waals surface area contributed by atoms with Crippen LogP contribution in [0, 0.1) is 12.8 Å². The Balaban J connectivity index is 2.20. The number of nitrogens with two attached hydrogens (primary N) is 1. The van der Waals surface area contributed by atoms with Crippen molar-refractivity contribution in [2.45, 2.75) is 53.0 Å². The van der Waals surface area contributed by atoms with Gasteiger partial charge in [0.25, 0.3) is 0 Å². The van der Waals surface area contributed by atoms with Crippen molar-refractivity contribution in [3.63, 3.8) is 0 Å². The fourth-order valence-corrected chi connectivity index (χ4v) is 2.51. The molecule has 1 aromatic heterocycles. The highest BCUT2D eigenvalue weighted by atomic mass is 15.5. The van der Waals surface area contributed by atoms with Crippen LogP contribution in [0.15, 0.2) is 18.2 Å². The number of aromatic nitrogens is 4. The van der Waals surface area contributed by atoms with Crippen molar-refractivity contribution in [1.29, 1.82) is 0 Å². The lowest BCUT2D eigenvalue weighted by atomic mass is 10.0. The van der Waals surface area contributed by atoms with Crippen molar-refractivity contribution < 1.29 is 0 Å². The minimum Gasteiger partial charge on any atom is -0.398 e. The van der Waals surface area contributed by atoms with Gasteiger partial charge in [0.15, 0.2) is 5.82 Å². The van der Waals surface area contributed by atoms with E-state index in [-0.39, 0.29) is 6.04 Å². The minimum absolute atomic E-state index is 0.287. The van der Waals surface area contributed by atoms with E-state index in [1.54, 1.807) is 0 Å². The lowest BCUT2D eigenvalue weighted by molar-refractivity contribution is 0.414. The average molecular weight is 287 g/mol. The van der Waals surface area contributed by atoms with E-state index < -0.39 is 0 Å². The molecule has 0 aliphatic carbocycles. The summed E-state index contributed by atoms with van der Waals surface area (Å²) in [5.74, 6) is 1.54. The summed E-state index contributed by atoms with van der Waals surface area (Å²) in [6.45, 7) is 8.68. The van der Waals surface area contributed by atoms with Gasteiger partial charge in [-0.15, -0.1) is 5.10 Å². The fourth-order valence-electron chi connectivity index (χ4n) is 2.51. The fraction of sp³-hybridized carbons (Fsp3) is 0.562. The summed E-state index contributed by atoms with van der Waals surface area (Å²) in [5, 5.41) is 12.2. The summed E-state index contributed by atoms with van der Waals surface area (Å²) < 4.78 is 1.92. The predicted octanol–water partition coefficient (Wildman–Crippen LogP) is 3.62. The van der Waals surface area contributed by atoms with E-state index in [2.05, 4.69) is 36.3 Å². The first kappa shape index (κ1) is 15.5. The first-order valence-electron chi connectivity index (χ1n) is 7.64. The molecule has 0 aliphatic rings. The van der Waals surface area contributed by atoms with Crippen LogP contribution in [-0.4, -0.2) is 20.2 Å². The maximum absolute atomic E-state index is 5.99. The van der Waals surface area contributed by atoms with Gasteiger partial charge in [0.2, 0.25) is 0 Å². The molecule has 0 saturated carbocycles. The molecule has 5 heteroatoms. The molecule has 1 unspecified atom stereocenters. The summed E-state index contributed by atoms with van der Waals surface area (Å²) in [4.78, 5) is 0. The number of hydrogen-bond donors (Lipinski definition) is 1. The van der Waals surface area contributed by atoms with Crippen LogP contribution >= 0.6 is 0 Å². The van der Waals surface area contributed by atoms with E-state index in [0.29, 0.717) is 0 Å². The molecule has 0 radical (unpaired) electrons. The third-order valence-corrected chi connectivity index (χ3v) is 3.93. The van der Waals surface area contributed by atoms with Gasteiger partial charge in [0.05, 0.1) is 6.04 Å². The Labute approximate surface area is 126 Å². The molecule has 2 N–H and O–H groups in total. The number of nitrogens with zero attached hydrogens (tertiary/aromatic N) is 4. The van der Waals surface area contributed by atoms with Crippen molar-refractivity contribution in [3.05, 3.63) is 23.8 Å². The SMILES string of the molecule is Cc1c(N)cccc1-c1nnnn1C(C)CCCC(C)C. The summed E-state index contributed by atoms with van der Waals surface area (Å²) in [6.07, 6.45) is 3.50. The highest BCUT2D eigenvalue weighted by Crippen LogP contribution is 2.27. The van der Waals surface area contributed by atoms with Crippen LogP contribution in [0.25, 0.3) is 11.4 Å². The zero-order valence-electron chi connectivity index (χ0n) is 13.4. The maximum atomic E-state index is 5.99. The van der Waals surface area contributed by atoms with E-state index in [1.807, 2.05) is 29.8 Å². The Morgan fingerprint density at radius 2 is 1.95 bits per heavy atom. The van der Waals surface area contributed by atoms with Gasteiger partial charge in [-0.25, -0.2) is 4.68 Å². The van der Waals surface area contributed by atoms with Gasteiger partial charge < -0.3 is 5.73 Å². The summed E-state index contributed by atoms with van der Waals surface area (Å²) in [7, 11) is 0. The van der Waals surface area contributed by atoms with Crippen molar-refractivity contribution >= 4 is 5.69 Å². The number of benzene rings is 1. The van der Waals surface area contributed by atoms with Gasteiger partial charge >= 0.3 is 0 Å². The molecule has 0 spiro atoms. The molecule has 2 aromatic rings. The number of tetrazole rings is 1. The molecule has 1 heterocycles. The summed E-state index contributed by atoms with van der Waals surface area (Å²) in [6, 6.07) is 6.16. The van der Waals surface area contributed by atoms with Crippen molar-refractivity contribution in [1.82, 2.24) is 20.2 Å². The summed E-state index contributed by atoms with van der Waals surface area (Å²) >= 11 is 0. The van der Waals surface area contributed by atoms with Gasteiger partial charge in [-0.05, 0) is 48.2 Å². The zero-order valence-corrected chi connectivity index (χ0v) is 13.4. The molecule has 0 aliphatic heterocycles. The van der Waals surface area contributed by atoms with E-state index in [4.69, 9.17) is 5.73 Å². The van der Waals surface area contributed by atoms with Crippen LogP contribution < -0.4 is 5.73 Å². The van der Waals surface area contributed by atoms with E-state index in [1.165, 1.54) is 12.8 Å². The first-order valence-corrected chi connectivity index (χ1v) is 7.64. The molecular formula is C16H25N5. The largest absolute Gasteiger partial charge is 0.398 e. The molecule has 0 bridgehead atoms. The van der Waals surface area contributed by atoms with Crippen LogP contribution in [0.3, 0.4) is 0 Å². The smallest absolute Gasteiger partial charge is 0.182 e. The lowest BCUT2D eigenvalue weighted by Crippen LogP contribution is -2.10. The average Bonchev–Trinajstić information content (AvgIpc) is 2.90. The van der Waals surface area contributed by atoms with Gasteiger partial charge in [-0.2, -0.15) is 0 Å². The molecule has 0 fully saturated rings. The molecule has 1 atom stereocenters. The summed E-state index contributed by atoms with van der Waals surface area (Å²) in [5.41, 5.74) is 8.80. The zero-order chi connectivity index (χ0) is 15.4.